The van der Waals surface area contributed by atoms with Crippen molar-refractivity contribution in [1.82, 2.24) is 15.2 Å². The Morgan fingerprint density at radius 2 is 1.93 bits per heavy atom. The number of aromatic nitrogens is 3. The lowest BCUT2D eigenvalue weighted by atomic mass is 10.0. The molecule has 140 valence electrons. The highest BCUT2D eigenvalue weighted by Gasteiger charge is 2.15. The van der Waals surface area contributed by atoms with Crippen LogP contribution in [0.4, 0.5) is 5.69 Å². The van der Waals surface area contributed by atoms with Crippen LogP contribution in [0.25, 0.3) is 22.0 Å². The smallest absolute Gasteiger partial charge is 0.359 e. The van der Waals surface area contributed by atoms with Gasteiger partial charge >= 0.3 is 5.97 Å². The summed E-state index contributed by atoms with van der Waals surface area (Å²) in [5.41, 5.74) is 5.68. The Kier molecular flexibility index (Phi) is 4.86. The third-order valence-electron chi connectivity index (χ3n) is 4.17. The molecule has 2 aromatic heterocycles. The van der Waals surface area contributed by atoms with E-state index in [1.807, 2.05) is 42.5 Å². The summed E-state index contributed by atoms with van der Waals surface area (Å²) in [5.74, 6) is -0.680. The average Bonchev–Trinajstić information content (AvgIpc) is 3.38. The average molecular weight is 392 g/mol. The molecule has 0 fully saturated rings. The van der Waals surface area contributed by atoms with Crippen LogP contribution in [0.5, 0.6) is 0 Å². The molecule has 0 saturated heterocycles. The molecule has 0 radical (unpaired) electrons. The largest absolute Gasteiger partial charge is 0.461 e. The third-order valence-corrected chi connectivity index (χ3v) is 4.76. The van der Waals surface area contributed by atoms with Gasteiger partial charge in [-0.25, -0.2) is 9.78 Å². The molecule has 0 bridgehead atoms. The standard InChI is InChI=1S/C20H16N4O3S/c1-2-27-20(26)18-15-8-5-13(9-16(15)23-24-18)12-3-6-14(7-4-12)22-19(25)17-10-28-11-21-17/h3-11H,2H2,1H3,(H,22,25)(H,23,24). The van der Waals surface area contributed by atoms with E-state index in [4.69, 9.17) is 4.74 Å². The molecule has 0 spiro atoms. The minimum Gasteiger partial charge on any atom is -0.461 e. The van der Waals surface area contributed by atoms with Gasteiger partial charge in [-0.15, -0.1) is 11.3 Å². The monoisotopic (exact) mass is 392 g/mol. The predicted octanol–water partition coefficient (Wildman–Crippen LogP) is 4.12. The number of carbonyl (C=O) groups is 2. The molecule has 2 heterocycles. The molecule has 7 nitrogen and oxygen atoms in total. The highest BCUT2D eigenvalue weighted by Crippen LogP contribution is 2.26. The molecular weight excluding hydrogens is 376 g/mol. The molecule has 8 heteroatoms. The van der Waals surface area contributed by atoms with E-state index < -0.39 is 5.97 Å². The fraction of sp³-hybridized carbons (Fsp3) is 0.100. The number of amides is 1. The van der Waals surface area contributed by atoms with Crippen molar-refractivity contribution in [3.63, 3.8) is 0 Å². The first kappa shape index (κ1) is 17.9. The Balaban J connectivity index is 1.55. The SMILES string of the molecule is CCOC(=O)c1n[nH]c2cc(-c3ccc(NC(=O)c4cscn4)cc3)ccc12. The minimum absolute atomic E-state index is 0.237. The number of esters is 1. The van der Waals surface area contributed by atoms with Gasteiger partial charge in [-0.3, -0.25) is 9.89 Å². The summed E-state index contributed by atoms with van der Waals surface area (Å²) >= 11 is 1.38. The highest BCUT2D eigenvalue weighted by molar-refractivity contribution is 7.07. The van der Waals surface area contributed by atoms with Gasteiger partial charge in [-0.05, 0) is 42.3 Å². The summed E-state index contributed by atoms with van der Waals surface area (Å²) in [6, 6.07) is 13.2. The number of carbonyl (C=O) groups excluding carboxylic acids is 2. The van der Waals surface area contributed by atoms with Gasteiger partial charge < -0.3 is 10.1 Å². The number of H-pyrrole nitrogens is 1. The van der Waals surface area contributed by atoms with Crippen LogP contribution in [-0.4, -0.2) is 33.7 Å². The van der Waals surface area contributed by atoms with Crippen LogP contribution in [0.3, 0.4) is 0 Å². The summed E-state index contributed by atoms with van der Waals surface area (Å²) in [4.78, 5) is 28.0. The van der Waals surface area contributed by atoms with E-state index in [1.54, 1.807) is 17.8 Å². The number of ether oxygens (including phenoxy) is 1. The molecular formula is C20H16N4O3S. The van der Waals surface area contributed by atoms with Crippen molar-refractivity contribution in [3.05, 3.63) is 64.7 Å². The van der Waals surface area contributed by atoms with E-state index in [-0.39, 0.29) is 11.6 Å². The van der Waals surface area contributed by atoms with E-state index in [2.05, 4.69) is 20.5 Å². The first-order valence-electron chi connectivity index (χ1n) is 8.61. The quantitative estimate of drug-likeness (QED) is 0.498. The lowest BCUT2D eigenvalue weighted by Crippen LogP contribution is -2.11. The van der Waals surface area contributed by atoms with Gasteiger partial charge in [-0.1, -0.05) is 18.2 Å². The van der Waals surface area contributed by atoms with Crippen LogP contribution in [0.1, 0.15) is 27.9 Å². The molecule has 0 unspecified atom stereocenters. The molecule has 4 aromatic rings. The summed E-state index contributed by atoms with van der Waals surface area (Å²) < 4.78 is 5.02. The van der Waals surface area contributed by atoms with Crippen LogP contribution >= 0.6 is 11.3 Å². The van der Waals surface area contributed by atoms with Crippen LogP contribution in [0.15, 0.2) is 53.4 Å². The van der Waals surface area contributed by atoms with E-state index in [0.717, 1.165) is 16.6 Å². The van der Waals surface area contributed by atoms with Crippen molar-refractivity contribution in [2.75, 3.05) is 11.9 Å². The van der Waals surface area contributed by atoms with Crippen LogP contribution in [0, 0.1) is 0 Å². The maximum Gasteiger partial charge on any atom is 0.359 e. The molecule has 4 rings (SSSR count). The molecule has 0 saturated carbocycles. The number of fused-ring (bicyclic) bond motifs is 1. The number of rotatable bonds is 5. The highest BCUT2D eigenvalue weighted by atomic mass is 32.1. The van der Waals surface area contributed by atoms with Gasteiger partial charge in [0, 0.05) is 16.5 Å². The zero-order valence-electron chi connectivity index (χ0n) is 14.9. The van der Waals surface area contributed by atoms with Gasteiger partial charge in [0.15, 0.2) is 5.69 Å². The lowest BCUT2D eigenvalue weighted by molar-refractivity contribution is 0.0521. The van der Waals surface area contributed by atoms with Crippen molar-refractivity contribution < 1.29 is 14.3 Å². The summed E-state index contributed by atoms with van der Waals surface area (Å²) in [6.45, 7) is 2.06. The van der Waals surface area contributed by atoms with Crippen molar-refractivity contribution in [3.8, 4) is 11.1 Å². The van der Waals surface area contributed by atoms with E-state index in [9.17, 15) is 9.59 Å². The molecule has 2 aromatic carbocycles. The number of hydrogen-bond donors (Lipinski definition) is 2. The second kappa shape index (κ2) is 7.61. The van der Waals surface area contributed by atoms with E-state index in [0.29, 0.717) is 23.4 Å². The van der Waals surface area contributed by atoms with Crippen molar-refractivity contribution >= 4 is 39.8 Å². The molecule has 0 aliphatic rings. The van der Waals surface area contributed by atoms with Gasteiger partial charge in [0.25, 0.3) is 5.91 Å². The first-order chi connectivity index (χ1) is 13.7. The fourth-order valence-corrected chi connectivity index (χ4v) is 3.35. The molecule has 0 aliphatic carbocycles. The van der Waals surface area contributed by atoms with Gasteiger partial charge in [0.2, 0.25) is 0 Å². The number of nitrogens with one attached hydrogen (secondary N) is 2. The number of hydrogen-bond acceptors (Lipinski definition) is 6. The van der Waals surface area contributed by atoms with Crippen molar-refractivity contribution in [1.29, 1.82) is 0 Å². The Morgan fingerprint density at radius 3 is 2.64 bits per heavy atom. The van der Waals surface area contributed by atoms with Crippen LogP contribution in [-0.2, 0) is 4.74 Å². The van der Waals surface area contributed by atoms with Crippen LogP contribution in [0.2, 0.25) is 0 Å². The van der Waals surface area contributed by atoms with E-state index >= 15 is 0 Å². The maximum atomic E-state index is 12.1. The number of benzene rings is 2. The minimum atomic E-state index is -0.443. The normalized spacial score (nSPS) is 10.8. The second-order valence-corrected chi connectivity index (χ2v) is 6.68. The summed E-state index contributed by atoms with van der Waals surface area (Å²) in [5, 5.41) is 12.2. The third kappa shape index (κ3) is 3.49. The first-order valence-corrected chi connectivity index (χ1v) is 9.55. The van der Waals surface area contributed by atoms with Crippen LogP contribution < -0.4 is 5.32 Å². The topological polar surface area (TPSA) is 97.0 Å². The Bertz CT molecular complexity index is 1130. The number of aromatic amines is 1. The summed E-state index contributed by atoms with van der Waals surface area (Å²) in [7, 11) is 0. The van der Waals surface area contributed by atoms with Gasteiger partial charge in [0.1, 0.15) is 5.69 Å². The molecule has 1 amide bonds. The fourth-order valence-electron chi connectivity index (χ4n) is 2.82. The molecule has 0 atom stereocenters. The Morgan fingerprint density at radius 1 is 1.14 bits per heavy atom. The lowest BCUT2D eigenvalue weighted by Gasteiger charge is -2.06. The zero-order chi connectivity index (χ0) is 19.5. The predicted molar refractivity (Wildman–Crippen MR) is 108 cm³/mol. The second-order valence-electron chi connectivity index (χ2n) is 5.96. The number of thiazole rings is 1. The van der Waals surface area contributed by atoms with E-state index in [1.165, 1.54) is 11.3 Å². The summed E-state index contributed by atoms with van der Waals surface area (Å²) in [6.07, 6.45) is 0. The van der Waals surface area contributed by atoms with Gasteiger partial charge in [0.05, 0.1) is 17.6 Å². The van der Waals surface area contributed by atoms with Crippen molar-refractivity contribution in [2.24, 2.45) is 0 Å². The Labute approximate surface area is 164 Å². The zero-order valence-corrected chi connectivity index (χ0v) is 15.7. The molecule has 2 N–H and O–H groups in total. The molecule has 0 aliphatic heterocycles. The molecule has 28 heavy (non-hydrogen) atoms. The van der Waals surface area contributed by atoms with Gasteiger partial charge in [-0.2, -0.15) is 5.10 Å². The number of nitrogens with zero attached hydrogens (tertiary/aromatic N) is 2. The Hall–Kier alpha value is -3.52. The number of anilines is 1. The maximum absolute atomic E-state index is 12.1. The van der Waals surface area contributed by atoms with Crippen molar-refractivity contribution in [2.45, 2.75) is 6.92 Å².